The lowest BCUT2D eigenvalue weighted by Gasteiger charge is -2.45. The third-order valence-electron chi connectivity index (χ3n) is 4.53. The average molecular weight is 232 g/mol. The number of carbonyl (C=O) groups excluding carboxylic acids is 2. The van der Waals surface area contributed by atoms with Crippen molar-refractivity contribution in [2.75, 3.05) is 0 Å². The fourth-order valence-corrected chi connectivity index (χ4v) is 3.33. The van der Waals surface area contributed by atoms with Crippen LogP contribution in [0.1, 0.15) is 40.0 Å². The fraction of sp³-hybridized carbons (Fsp3) is 0.600. The van der Waals surface area contributed by atoms with Crippen LogP contribution in [0.2, 0.25) is 0 Å². The number of rotatable bonds is 1. The van der Waals surface area contributed by atoms with Crippen molar-refractivity contribution in [3.8, 4) is 0 Å². The first kappa shape index (κ1) is 12.3. The summed E-state index contributed by atoms with van der Waals surface area (Å²) in [5.74, 6) is 0.853. The van der Waals surface area contributed by atoms with Crippen molar-refractivity contribution in [3.05, 3.63) is 23.8 Å². The maximum Gasteiger partial charge on any atom is 0.156 e. The van der Waals surface area contributed by atoms with Gasteiger partial charge in [0.1, 0.15) is 5.78 Å². The summed E-state index contributed by atoms with van der Waals surface area (Å²) in [6.07, 6.45) is 3.63. The summed E-state index contributed by atoms with van der Waals surface area (Å²) in [7, 11) is 0. The van der Waals surface area contributed by atoms with Crippen molar-refractivity contribution in [2.45, 2.75) is 40.0 Å². The summed E-state index contributed by atoms with van der Waals surface area (Å²) in [4.78, 5) is 24.0. The molecule has 0 aromatic heterocycles. The first-order valence-electron chi connectivity index (χ1n) is 6.24. The molecule has 3 atom stereocenters. The molecule has 0 aromatic rings. The molecule has 0 aliphatic heterocycles. The van der Waals surface area contributed by atoms with Gasteiger partial charge in [0, 0.05) is 18.3 Å². The van der Waals surface area contributed by atoms with Crippen LogP contribution < -0.4 is 0 Å². The van der Waals surface area contributed by atoms with E-state index >= 15 is 0 Å². The quantitative estimate of drug-likeness (QED) is 0.651. The molecule has 0 radical (unpaired) electrons. The zero-order valence-electron chi connectivity index (χ0n) is 10.9. The van der Waals surface area contributed by atoms with Crippen LogP contribution in [0.4, 0.5) is 0 Å². The predicted molar refractivity (Wildman–Crippen MR) is 67.5 cm³/mol. The molecule has 0 saturated heterocycles. The van der Waals surface area contributed by atoms with Crippen LogP contribution in [0.5, 0.6) is 0 Å². The monoisotopic (exact) mass is 232 g/mol. The van der Waals surface area contributed by atoms with Gasteiger partial charge in [-0.25, -0.2) is 0 Å². The van der Waals surface area contributed by atoms with E-state index < -0.39 is 5.41 Å². The Balaban J connectivity index is 2.38. The van der Waals surface area contributed by atoms with Crippen LogP contribution >= 0.6 is 0 Å². The largest absolute Gasteiger partial charge is 0.299 e. The van der Waals surface area contributed by atoms with Crippen molar-refractivity contribution in [1.82, 2.24) is 0 Å². The van der Waals surface area contributed by atoms with Crippen molar-refractivity contribution in [2.24, 2.45) is 17.3 Å². The highest BCUT2D eigenvalue weighted by Crippen LogP contribution is 2.50. The van der Waals surface area contributed by atoms with Gasteiger partial charge in [-0.15, -0.1) is 0 Å². The third kappa shape index (κ3) is 1.90. The fourth-order valence-electron chi connectivity index (χ4n) is 3.33. The number of fused-ring (bicyclic) bond motifs is 1. The molecule has 0 aromatic carbocycles. The molecule has 0 unspecified atom stereocenters. The number of hydrogen-bond acceptors (Lipinski definition) is 2. The normalized spacial score (nSPS) is 37.5. The van der Waals surface area contributed by atoms with Gasteiger partial charge in [-0.2, -0.15) is 0 Å². The van der Waals surface area contributed by atoms with Crippen molar-refractivity contribution >= 4 is 11.6 Å². The van der Waals surface area contributed by atoms with E-state index in [1.165, 1.54) is 0 Å². The molecule has 1 fully saturated rings. The van der Waals surface area contributed by atoms with Gasteiger partial charge >= 0.3 is 0 Å². The molecule has 2 aliphatic rings. The van der Waals surface area contributed by atoms with Crippen molar-refractivity contribution in [1.29, 1.82) is 0 Å². The maximum atomic E-state index is 12.3. The van der Waals surface area contributed by atoms with Gasteiger partial charge in [-0.3, -0.25) is 9.59 Å². The summed E-state index contributed by atoms with van der Waals surface area (Å²) < 4.78 is 0. The number of carbonyl (C=O) groups is 2. The summed E-state index contributed by atoms with van der Waals surface area (Å²) >= 11 is 0. The highest BCUT2D eigenvalue weighted by molar-refractivity contribution is 5.99. The molecule has 0 spiro atoms. The van der Waals surface area contributed by atoms with Crippen LogP contribution in [0.15, 0.2) is 23.8 Å². The van der Waals surface area contributed by atoms with Crippen molar-refractivity contribution in [3.63, 3.8) is 0 Å². The number of hydrogen-bond donors (Lipinski definition) is 0. The van der Waals surface area contributed by atoms with Gasteiger partial charge in [-0.1, -0.05) is 24.6 Å². The van der Waals surface area contributed by atoms with Gasteiger partial charge in [0.2, 0.25) is 0 Å². The first-order valence-corrected chi connectivity index (χ1v) is 6.24. The van der Waals surface area contributed by atoms with Gasteiger partial charge in [0.15, 0.2) is 5.78 Å². The Morgan fingerprint density at radius 3 is 2.71 bits per heavy atom. The van der Waals surface area contributed by atoms with Gasteiger partial charge in [-0.05, 0) is 38.2 Å². The molecule has 0 amide bonds. The summed E-state index contributed by atoms with van der Waals surface area (Å²) in [5, 5.41) is 0. The third-order valence-corrected chi connectivity index (χ3v) is 4.53. The minimum atomic E-state index is -0.456. The van der Waals surface area contributed by atoms with E-state index in [1.54, 1.807) is 6.08 Å². The van der Waals surface area contributed by atoms with Crippen LogP contribution in [-0.4, -0.2) is 11.6 Å². The molecular weight excluding hydrogens is 212 g/mol. The molecule has 0 N–H and O–H groups in total. The minimum Gasteiger partial charge on any atom is -0.299 e. The lowest BCUT2D eigenvalue weighted by molar-refractivity contribution is -0.139. The second kappa shape index (κ2) is 3.94. The molecule has 2 heteroatoms. The zero-order chi connectivity index (χ0) is 12.8. The minimum absolute atomic E-state index is 0.100. The van der Waals surface area contributed by atoms with Gasteiger partial charge in [0.25, 0.3) is 0 Å². The summed E-state index contributed by atoms with van der Waals surface area (Å²) in [6.45, 7) is 9.91. The lowest BCUT2D eigenvalue weighted by atomic mass is 9.56. The highest BCUT2D eigenvalue weighted by Gasteiger charge is 2.49. The molecule has 0 heterocycles. The Hall–Kier alpha value is -1.18. The lowest BCUT2D eigenvalue weighted by Crippen LogP contribution is -2.46. The Morgan fingerprint density at radius 1 is 1.47 bits per heavy atom. The Labute approximate surface area is 103 Å². The molecule has 1 saturated carbocycles. The summed E-state index contributed by atoms with van der Waals surface area (Å²) in [5.41, 5.74) is 1.70. The van der Waals surface area contributed by atoms with Crippen LogP contribution in [0.25, 0.3) is 0 Å². The maximum absolute atomic E-state index is 12.3. The SMILES string of the molecule is C=C(C)[C@H]1CC(=O)[C@]2(C)CC(=O)C=C(C)[C@@H]2C1. The molecule has 0 bridgehead atoms. The highest BCUT2D eigenvalue weighted by atomic mass is 16.1. The molecule has 2 rings (SSSR count). The molecule has 92 valence electrons. The van der Waals surface area contributed by atoms with Crippen LogP contribution in [0, 0.1) is 17.3 Å². The second-order valence-electron chi connectivity index (χ2n) is 5.91. The first-order chi connectivity index (χ1) is 7.84. The summed E-state index contributed by atoms with van der Waals surface area (Å²) in [6, 6.07) is 0. The van der Waals surface area contributed by atoms with E-state index in [4.69, 9.17) is 0 Å². The van der Waals surface area contributed by atoms with E-state index in [2.05, 4.69) is 6.58 Å². The van der Waals surface area contributed by atoms with Crippen LogP contribution in [-0.2, 0) is 9.59 Å². The average Bonchev–Trinajstić information content (AvgIpc) is 2.19. The standard InChI is InChI=1S/C15H20O2/c1-9(2)11-6-13-10(3)5-12(16)8-15(13,4)14(17)7-11/h5,11,13H,1,6-8H2,2-4H3/t11-,13+,15-/m1/s1. The smallest absolute Gasteiger partial charge is 0.156 e. The van der Waals surface area contributed by atoms with Crippen LogP contribution in [0.3, 0.4) is 0 Å². The van der Waals surface area contributed by atoms with Gasteiger partial charge in [0.05, 0.1) is 0 Å². The van der Waals surface area contributed by atoms with E-state index in [0.717, 1.165) is 17.6 Å². The Kier molecular flexibility index (Phi) is 2.84. The van der Waals surface area contributed by atoms with Gasteiger partial charge < -0.3 is 0 Å². The second-order valence-corrected chi connectivity index (χ2v) is 5.91. The van der Waals surface area contributed by atoms with Crippen molar-refractivity contribution < 1.29 is 9.59 Å². The van der Waals surface area contributed by atoms with E-state index in [9.17, 15) is 9.59 Å². The zero-order valence-corrected chi connectivity index (χ0v) is 10.9. The number of ketones is 2. The number of allylic oxidation sites excluding steroid dienone is 3. The topological polar surface area (TPSA) is 34.1 Å². The number of Topliss-reactive ketones (excluding diaryl/α,β-unsaturated/α-hetero) is 1. The Morgan fingerprint density at radius 2 is 2.12 bits per heavy atom. The molecule has 2 nitrogen and oxygen atoms in total. The molecular formula is C15H20O2. The Bertz CT molecular complexity index is 430. The van der Waals surface area contributed by atoms with E-state index in [1.807, 2.05) is 20.8 Å². The van der Waals surface area contributed by atoms with E-state index in [0.29, 0.717) is 12.8 Å². The molecule has 17 heavy (non-hydrogen) atoms. The molecule has 2 aliphatic carbocycles. The predicted octanol–water partition coefficient (Wildman–Crippen LogP) is 3.08. The van der Waals surface area contributed by atoms with E-state index in [-0.39, 0.29) is 23.4 Å².